The van der Waals surface area contributed by atoms with Gasteiger partial charge in [0.1, 0.15) is 11.6 Å². The molecule has 0 amide bonds. The molecule has 6 nitrogen and oxygen atoms in total. The Bertz CT molecular complexity index is 855. The lowest BCUT2D eigenvalue weighted by molar-refractivity contribution is 0.210. The van der Waals surface area contributed by atoms with E-state index < -0.39 is 0 Å². The number of anilines is 1. The van der Waals surface area contributed by atoms with Gasteiger partial charge in [0.15, 0.2) is 5.65 Å². The fourth-order valence-corrected chi connectivity index (χ4v) is 2.87. The van der Waals surface area contributed by atoms with Crippen molar-refractivity contribution < 1.29 is 4.74 Å². The topological polar surface area (TPSA) is 64.9 Å². The second-order valence-corrected chi connectivity index (χ2v) is 6.16. The molecular weight excluding hydrogens is 302 g/mol. The summed E-state index contributed by atoms with van der Waals surface area (Å²) in [5.41, 5.74) is 2.81. The monoisotopic (exact) mass is 323 g/mol. The maximum Gasteiger partial charge on any atom is 0.168 e. The minimum absolute atomic E-state index is 0.483. The van der Waals surface area contributed by atoms with E-state index in [4.69, 9.17) is 19.8 Å². The van der Waals surface area contributed by atoms with E-state index >= 15 is 0 Å². The van der Waals surface area contributed by atoms with E-state index in [0.717, 1.165) is 34.1 Å². The SMILES string of the molecule is COCCNc1nc(C2CC2)nc2c1c(C)nn2-c1ccccc1. The number of nitrogens with zero attached hydrogens (tertiary/aromatic N) is 4. The van der Waals surface area contributed by atoms with Gasteiger partial charge in [-0.2, -0.15) is 5.10 Å². The maximum absolute atomic E-state index is 5.14. The molecule has 1 aliphatic rings. The van der Waals surface area contributed by atoms with Gasteiger partial charge < -0.3 is 10.1 Å². The lowest BCUT2D eigenvalue weighted by Gasteiger charge is -2.09. The molecule has 1 N–H and O–H groups in total. The van der Waals surface area contributed by atoms with Crippen LogP contribution in [0.5, 0.6) is 0 Å². The van der Waals surface area contributed by atoms with Crippen LogP contribution in [0.3, 0.4) is 0 Å². The number of ether oxygens (including phenoxy) is 1. The number of aryl methyl sites for hydroxylation is 1. The molecule has 0 radical (unpaired) electrons. The highest BCUT2D eigenvalue weighted by Gasteiger charge is 2.29. The molecule has 0 spiro atoms. The van der Waals surface area contributed by atoms with Gasteiger partial charge in [-0.1, -0.05) is 18.2 Å². The Morgan fingerprint density at radius 2 is 2.00 bits per heavy atom. The van der Waals surface area contributed by atoms with E-state index in [-0.39, 0.29) is 0 Å². The van der Waals surface area contributed by atoms with Crippen molar-refractivity contribution in [2.75, 3.05) is 25.6 Å². The van der Waals surface area contributed by atoms with Crippen LogP contribution in [0.2, 0.25) is 0 Å². The molecule has 2 heterocycles. The zero-order valence-corrected chi connectivity index (χ0v) is 14.0. The number of hydrogen-bond donors (Lipinski definition) is 1. The summed E-state index contributed by atoms with van der Waals surface area (Å²) < 4.78 is 7.06. The number of rotatable bonds is 6. The highest BCUT2D eigenvalue weighted by Crippen LogP contribution is 2.40. The summed E-state index contributed by atoms with van der Waals surface area (Å²) >= 11 is 0. The summed E-state index contributed by atoms with van der Waals surface area (Å²) in [5.74, 6) is 2.26. The molecule has 1 aliphatic carbocycles. The quantitative estimate of drug-likeness (QED) is 0.706. The van der Waals surface area contributed by atoms with Crippen molar-refractivity contribution in [3.05, 3.63) is 41.9 Å². The standard InChI is InChI=1S/C18H21N5O/c1-12-15-17(19-10-11-24-2)20-16(13-8-9-13)21-18(15)23(22-12)14-6-4-3-5-7-14/h3-7,13H,8-11H2,1-2H3,(H,19,20,21). The molecule has 4 rings (SSSR count). The molecule has 6 heteroatoms. The van der Waals surface area contributed by atoms with E-state index in [9.17, 15) is 0 Å². The zero-order valence-electron chi connectivity index (χ0n) is 14.0. The summed E-state index contributed by atoms with van der Waals surface area (Å²) in [5, 5.41) is 9.09. The van der Waals surface area contributed by atoms with Crippen molar-refractivity contribution in [3.8, 4) is 5.69 Å². The van der Waals surface area contributed by atoms with Crippen molar-refractivity contribution in [3.63, 3.8) is 0 Å². The van der Waals surface area contributed by atoms with E-state index in [1.54, 1.807) is 7.11 Å². The number of hydrogen-bond acceptors (Lipinski definition) is 5. The summed E-state index contributed by atoms with van der Waals surface area (Å²) in [7, 11) is 1.70. The molecule has 0 unspecified atom stereocenters. The smallest absolute Gasteiger partial charge is 0.168 e. The summed E-state index contributed by atoms with van der Waals surface area (Å²) in [4.78, 5) is 9.61. The minimum Gasteiger partial charge on any atom is -0.383 e. The Morgan fingerprint density at radius 3 is 2.71 bits per heavy atom. The van der Waals surface area contributed by atoms with Crippen LogP contribution in [0.15, 0.2) is 30.3 Å². The molecule has 0 atom stereocenters. The third kappa shape index (κ3) is 2.73. The van der Waals surface area contributed by atoms with Crippen molar-refractivity contribution in [1.29, 1.82) is 0 Å². The molecule has 124 valence electrons. The molecule has 3 aromatic rings. The number of nitrogens with one attached hydrogen (secondary N) is 1. The molecule has 1 fully saturated rings. The first kappa shape index (κ1) is 15.1. The van der Waals surface area contributed by atoms with Crippen LogP contribution >= 0.6 is 0 Å². The molecule has 0 saturated heterocycles. The van der Waals surface area contributed by atoms with Gasteiger partial charge in [-0.15, -0.1) is 0 Å². The lowest BCUT2D eigenvalue weighted by atomic mass is 10.2. The van der Waals surface area contributed by atoms with Gasteiger partial charge in [-0.25, -0.2) is 14.6 Å². The van der Waals surface area contributed by atoms with Crippen LogP contribution in [0.1, 0.15) is 30.3 Å². The van der Waals surface area contributed by atoms with Crippen molar-refractivity contribution in [1.82, 2.24) is 19.7 Å². The predicted molar refractivity (Wildman–Crippen MR) is 93.7 cm³/mol. The Morgan fingerprint density at radius 1 is 1.21 bits per heavy atom. The number of methoxy groups -OCH3 is 1. The van der Waals surface area contributed by atoms with Gasteiger partial charge in [0.2, 0.25) is 0 Å². The lowest BCUT2D eigenvalue weighted by Crippen LogP contribution is -2.11. The van der Waals surface area contributed by atoms with Crippen LogP contribution in [0.4, 0.5) is 5.82 Å². The van der Waals surface area contributed by atoms with E-state index in [2.05, 4.69) is 5.32 Å². The van der Waals surface area contributed by atoms with Gasteiger partial charge in [0.05, 0.1) is 23.4 Å². The number of benzene rings is 1. The van der Waals surface area contributed by atoms with Crippen molar-refractivity contribution >= 4 is 16.9 Å². The molecule has 0 bridgehead atoms. The fourth-order valence-electron chi connectivity index (χ4n) is 2.87. The first-order chi connectivity index (χ1) is 11.8. The summed E-state index contributed by atoms with van der Waals surface area (Å²) in [6.07, 6.45) is 2.34. The highest BCUT2D eigenvalue weighted by atomic mass is 16.5. The van der Waals surface area contributed by atoms with E-state index in [1.807, 2.05) is 41.9 Å². The van der Waals surface area contributed by atoms with Crippen LogP contribution < -0.4 is 5.32 Å². The predicted octanol–water partition coefficient (Wildman–Crippen LogP) is 3.06. The molecule has 1 aromatic carbocycles. The Hall–Kier alpha value is -2.47. The van der Waals surface area contributed by atoms with Crippen molar-refractivity contribution in [2.45, 2.75) is 25.7 Å². The first-order valence-electron chi connectivity index (χ1n) is 8.33. The Kier molecular flexibility index (Phi) is 3.90. The fraction of sp³-hybridized carbons (Fsp3) is 0.389. The molecule has 0 aliphatic heterocycles. The average Bonchev–Trinajstić information content (AvgIpc) is 3.40. The molecule has 1 saturated carbocycles. The molecular formula is C18H21N5O. The highest BCUT2D eigenvalue weighted by molar-refractivity contribution is 5.90. The Labute approximate surface area is 140 Å². The normalized spacial score (nSPS) is 14.2. The number of fused-ring (bicyclic) bond motifs is 1. The van der Waals surface area contributed by atoms with E-state index in [0.29, 0.717) is 19.1 Å². The third-order valence-electron chi connectivity index (χ3n) is 4.26. The molecule has 2 aromatic heterocycles. The second kappa shape index (κ2) is 6.20. The van der Waals surface area contributed by atoms with E-state index in [1.165, 1.54) is 12.8 Å². The largest absolute Gasteiger partial charge is 0.383 e. The maximum atomic E-state index is 5.14. The van der Waals surface area contributed by atoms with Gasteiger partial charge in [0, 0.05) is 19.6 Å². The minimum atomic E-state index is 0.483. The zero-order chi connectivity index (χ0) is 16.5. The summed E-state index contributed by atoms with van der Waals surface area (Å²) in [6, 6.07) is 10.1. The van der Waals surface area contributed by atoms with Gasteiger partial charge >= 0.3 is 0 Å². The van der Waals surface area contributed by atoms with Crippen LogP contribution in [0, 0.1) is 6.92 Å². The number of para-hydroxylation sites is 1. The van der Waals surface area contributed by atoms with Crippen LogP contribution in [0.25, 0.3) is 16.7 Å². The van der Waals surface area contributed by atoms with Crippen LogP contribution in [-0.4, -0.2) is 40.0 Å². The van der Waals surface area contributed by atoms with Gasteiger partial charge in [0.25, 0.3) is 0 Å². The first-order valence-corrected chi connectivity index (χ1v) is 8.33. The Balaban J connectivity index is 1.86. The molecule has 24 heavy (non-hydrogen) atoms. The number of aromatic nitrogens is 4. The third-order valence-corrected chi connectivity index (χ3v) is 4.26. The summed E-state index contributed by atoms with van der Waals surface area (Å²) in [6.45, 7) is 3.35. The average molecular weight is 323 g/mol. The second-order valence-electron chi connectivity index (χ2n) is 6.16. The van der Waals surface area contributed by atoms with Crippen molar-refractivity contribution in [2.24, 2.45) is 0 Å². The van der Waals surface area contributed by atoms with Gasteiger partial charge in [-0.3, -0.25) is 0 Å². The van der Waals surface area contributed by atoms with Crippen LogP contribution in [-0.2, 0) is 4.74 Å². The van der Waals surface area contributed by atoms with Gasteiger partial charge in [-0.05, 0) is 31.9 Å².